The number of nitriles is 1. The lowest BCUT2D eigenvalue weighted by atomic mass is 10.1. The maximum Gasteiger partial charge on any atom is 0.243 e. The second-order valence-corrected chi connectivity index (χ2v) is 6.66. The van der Waals surface area contributed by atoms with E-state index in [-0.39, 0.29) is 23.3 Å². The van der Waals surface area contributed by atoms with Gasteiger partial charge in [0.05, 0.1) is 17.4 Å². The molecule has 0 radical (unpaired) electrons. The van der Waals surface area contributed by atoms with Crippen molar-refractivity contribution in [2.75, 3.05) is 13.1 Å². The minimum atomic E-state index is -3.42. The van der Waals surface area contributed by atoms with E-state index >= 15 is 0 Å². The van der Waals surface area contributed by atoms with Crippen LogP contribution in [0.2, 0.25) is 0 Å². The van der Waals surface area contributed by atoms with Gasteiger partial charge in [-0.2, -0.15) is 9.57 Å². The van der Waals surface area contributed by atoms with Gasteiger partial charge in [0, 0.05) is 19.1 Å². The molecule has 1 heterocycles. The summed E-state index contributed by atoms with van der Waals surface area (Å²) in [6, 6.07) is 8.64. The van der Waals surface area contributed by atoms with Crippen molar-refractivity contribution in [1.82, 2.24) is 4.31 Å². The Balaban J connectivity index is 0.00000200. The van der Waals surface area contributed by atoms with Crippen molar-refractivity contribution in [3.05, 3.63) is 29.8 Å². The number of sulfonamides is 1. The van der Waals surface area contributed by atoms with Crippen molar-refractivity contribution in [3.8, 4) is 6.07 Å². The Bertz CT molecular complexity index is 573. The Labute approximate surface area is 125 Å². The predicted octanol–water partition coefficient (Wildman–Crippen LogP) is 1.29. The van der Waals surface area contributed by atoms with Crippen molar-refractivity contribution in [1.29, 1.82) is 5.26 Å². The zero-order valence-corrected chi connectivity index (χ0v) is 12.7. The molecule has 0 saturated carbocycles. The second-order valence-electron chi connectivity index (χ2n) is 4.72. The van der Waals surface area contributed by atoms with E-state index in [1.807, 2.05) is 6.07 Å². The molecule has 0 bridgehead atoms. The van der Waals surface area contributed by atoms with Crippen LogP contribution in [0.4, 0.5) is 0 Å². The Morgan fingerprint density at radius 1 is 1.25 bits per heavy atom. The fraction of sp³-hybridized carbons (Fsp3) is 0.462. The van der Waals surface area contributed by atoms with Gasteiger partial charge in [-0.15, -0.1) is 12.4 Å². The molecule has 1 fully saturated rings. The van der Waals surface area contributed by atoms with Crippen LogP contribution in [0.3, 0.4) is 0 Å². The molecule has 2 rings (SSSR count). The minimum absolute atomic E-state index is 0. The molecule has 1 aromatic rings. The highest BCUT2D eigenvalue weighted by Crippen LogP contribution is 2.20. The van der Waals surface area contributed by atoms with Gasteiger partial charge in [0.25, 0.3) is 0 Å². The first-order valence-electron chi connectivity index (χ1n) is 6.25. The zero-order valence-electron chi connectivity index (χ0n) is 11.0. The molecule has 7 heteroatoms. The summed E-state index contributed by atoms with van der Waals surface area (Å²) in [5.74, 6) is 0. The molecule has 110 valence electrons. The quantitative estimate of drug-likeness (QED) is 0.910. The van der Waals surface area contributed by atoms with Crippen LogP contribution in [0.1, 0.15) is 18.4 Å². The average molecular weight is 316 g/mol. The standard InChI is InChI=1S/C13H17N3O2S.ClH/c14-8-5-11-1-3-13(4-2-11)19(17,18)16-9-6-12(15)7-10-16;/h1-4,12H,5-7,9-10,15H2;1H. The molecule has 0 atom stereocenters. The number of hydrogen-bond donors (Lipinski definition) is 1. The van der Waals surface area contributed by atoms with Gasteiger partial charge < -0.3 is 5.73 Å². The van der Waals surface area contributed by atoms with E-state index in [1.54, 1.807) is 24.3 Å². The summed E-state index contributed by atoms with van der Waals surface area (Å²) < 4.78 is 26.2. The van der Waals surface area contributed by atoms with E-state index < -0.39 is 10.0 Å². The summed E-state index contributed by atoms with van der Waals surface area (Å²) in [7, 11) is -3.42. The number of nitrogens with two attached hydrogens (primary N) is 1. The van der Waals surface area contributed by atoms with Gasteiger partial charge in [-0.05, 0) is 30.5 Å². The first-order chi connectivity index (χ1) is 9.04. The Morgan fingerprint density at radius 3 is 2.30 bits per heavy atom. The van der Waals surface area contributed by atoms with Crippen molar-refractivity contribution >= 4 is 22.4 Å². The maximum atomic E-state index is 12.4. The lowest BCUT2D eigenvalue weighted by Gasteiger charge is -2.29. The third-order valence-electron chi connectivity index (χ3n) is 3.34. The van der Waals surface area contributed by atoms with E-state index in [9.17, 15) is 8.42 Å². The largest absolute Gasteiger partial charge is 0.328 e. The minimum Gasteiger partial charge on any atom is -0.328 e. The molecule has 1 aliphatic rings. The van der Waals surface area contributed by atoms with Gasteiger partial charge in [-0.1, -0.05) is 12.1 Å². The lowest BCUT2D eigenvalue weighted by molar-refractivity contribution is 0.320. The van der Waals surface area contributed by atoms with Crippen molar-refractivity contribution in [2.45, 2.75) is 30.2 Å². The van der Waals surface area contributed by atoms with E-state index in [2.05, 4.69) is 0 Å². The molecule has 2 N–H and O–H groups in total. The topological polar surface area (TPSA) is 87.2 Å². The molecule has 5 nitrogen and oxygen atoms in total. The molecule has 1 aliphatic heterocycles. The first-order valence-corrected chi connectivity index (χ1v) is 7.69. The van der Waals surface area contributed by atoms with Crippen LogP contribution in [0, 0.1) is 11.3 Å². The molecule has 1 aromatic carbocycles. The average Bonchev–Trinajstić information content (AvgIpc) is 2.40. The van der Waals surface area contributed by atoms with Gasteiger partial charge in [-0.3, -0.25) is 0 Å². The van der Waals surface area contributed by atoms with E-state index in [1.165, 1.54) is 4.31 Å². The summed E-state index contributed by atoms with van der Waals surface area (Å²) in [6.07, 6.45) is 1.69. The molecule has 1 saturated heterocycles. The first kappa shape index (κ1) is 16.9. The third kappa shape index (κ3) is 3.70. The Kier molecular flexibility index (Phi) is 5.96. The maximum absolute atomic E-state index is 12.4. The SMILES string of the molecule is Cl.N#CCc1ccc(S(=O)(=O)N2CCC(N)CC2)cc1. The molecule has 0 amide bonds. The third-order valence-corrected chi connectivity index (χ3v) is 5.26. The van der Waals surface area contributed by atoms with Gasteiger partial charge in [0.2, 0.25) is 10.0 Å². The van der Waals surface area contributed by atoms with Crippen LogP contribution in [-0.4, -0.2) is 31.9 Å². The highest BCUT2D eigenvalue weighted by atomic mass is 35.5. The highest BCUT2D eigenvalue weighted by molar-refractivity contribution is 7.89. The van der Waals surface area contributed by atoms with Crippen LogP contribution in [0.15, 0.2) is 29.2 Å². The molecular formula is C13H18ClN3O2S. The zero-order chi connectivity index (χ0) is 13.9. The van der Waals surface area contributed by atoms with Crippen molar-refractivity contribution < 1.29 is 8.42 Å². The number of halogens is 1. The molecular weight excluding hydrogens is 298 g/mol. The summed E-state index contributed by atoms with van der Waals surface area (Å²) in [5, 5.41) is 8.59. The molecule has 0 unspecified atom stereocenters. The van der Waals surface area contributed by atoms with E-state index in [0.717, 1.165) is 5.56 Å². The van der Waals surface area contributed by atoms with Crippen molar-refractivity contribution in [2.24, 2.45) is 5.73 Å². The summed E-state index contributed by atoms with van der Waals surface area (Å²) in [4.78, 5) is 0.282. The molecule has 20 heavy (non-hydrogen) atoms. The Morgan fingerprint density at radius 2 is 1.80 bits per heavy atom. The van der Waals surface area contributed by atoms with E-state index in [4.69, 9.17) is 11.0 Å². The van der Waals surface area contributed by atoms with Gasteiger partial charge in [-0.25, -0.2) is 8.42 Å². The summed E-state index contributed by atoms with van der Waals surface area (Å²) in [5.41, 5.74) is 6.60. The van der Waals surface area contributed by atoms with Gasteiger partial charge in [0.15, 0.2) is 0 Å². The van der Waals surface area contributed by atoms with Gasteiger partial charge in [0.1, 0.15) is 0 Å². The van der Waals surface area contributed by atoms with E-state index in [0.29, 0.717) is 32.4 Å². The van der Waals surface area contributed by atoms with Crippen LogP contribution in [0.5, 0.6) is 0 Å². The smallest absolute Gasteiger partial charge is 0.243 e. The van der Waals surface area contributed by atoms with Crippen LogP contribution >= 0.6 is 12.4 Å². The molecule has 0 aromatic heterocycles. The number of hydrogen-bond acceptors (Lipinski definition) is 4. The second kappa shape index (κ2) is 7.04. The summed E-state index contributed by atoms with van der Waals surface area (Å²) >= 11 is 0. The lowest BCUT2D eigenvalue weighted by Crippen LogP contribution is -2.42. The molecule has 0 aliphatic carbocycles. The van der Waals surface area contributed by atoms with Gasteiger partial charge >= 0.3 is 0 Å². The number of benzene rings is 1. The fourth-order valence-corrected chi connectivity index (χ4v) is 3.61. The number of nitrogens with zero attached hydrogens (tertiary/aromatic N) is 2. The summed E-state index contributed by atoms with van der Waals surface area (Å²) in [6.45, 7) is 0.951. The molecule has 0 spiro atoms. The van der Waals surface area contributed by atoms with Crippen LogP contribution in [0.25, 0.3) is 0 Å². The number of piperidine rings is 1. The van der Waals surface area contributed by atoms with Crippen LogP contribution < -0.4 is 5.73 Å². The monoisotopic (exact) mass is 315 g/mol. The highest BCUT2D eigenvalue weighted by Gasteiger charge is 2.27. The fourth-order valence-electron chi connectivity index (χ4n) is 2.14. The van der Waals surface area contributed by atoms with Crippen LogP contribution in [-0.2, 0) is 16.4 Å². The Hall–Kier alpha value is -1.13. The van der Waals surface area contributed by atoms with Crippen molar-refractivity contribution in [3.63, 3.8) is 0 Å². The normalized spacial score (nSPS) is 17.2. The number of rotatable bonds is 3. The predicted molar refractivity (Wildman–Crippen MR) is 79.0 cm³/mol.